The second-order valence-electron chi connectivity index (χ2n) is 10.2. The quantitative estimate of drug-likeness (QED) is 0.151. The molecule has 0 aliphatic rings. The van der Waals surface area contributed by atoms with Crippen molar-refractivity contribution in [1.29, 1.82) is 0 Å². The number of primary amides is 1. The van der Waals surface area contributed by atoms with E-state index in [4.69, 9.17) is 5.73 Å². The van der Waals surface area contributed by atoms with Crippen LogP contribution in [0.5, 0.6) is 0 Å². The van der Waals surface area contributed by atoms with Gasteiger partial charge in [0.1, 0.15) is 17.9 Å². The van der Waals surface area contributed by atoms with Crippen molar-refractivity contribution >= 4 is 45.2 Å². The monoisotopic (exact) mass is 595 g/mol. The molecule has 0 heterocycles. The number of hydrogen-bond donors (Lipinski definition) is 5. The zero-order chi connectivity index (χ0) is 31.2. The molecule has 14 heteroatoms. The van der Waals surface area contributed by atoms with Crippen LogP contribution in [0.15, 0.2) is 29.2 Å². The summed E-state index contributed by atoms with van der Waals surface area (Å²) < 4.78 is 24.8. The predicted octanol–water partition coefficient (Wildman–Crippen LogP) is -0.348. The van der Waals surface area contributed by atoms with Crippen LogP contribution in [0.25, 0.3) is 0 Å². The number of ketones is 1. The third-order valence-corrected chi connectivity index (χ3v) is 7.62. The van der Waals surface area contributed by atoms with E-state index in [1.54, 1.807) is 12.1 Å². The van der Waals surface area contributed by atoms with Gasteiger partial charge in [-0.2, -0.15) is 0 Å². The van der Waals surface area contributed by atoms with Crippen molar-refractivity contribution in [2.75, 3.05) is 18.8 Å². The Morgan fingerprint density at radius 2 is 1.49 bits per heavy atom. The molecule has 2 atom stereocenters. The highest BCUT2D eigenvalue weighted by atomic mass is 32.2. The van der Waals surface area contributed by atoms with Crippen molar-refractivity contribution in [1.82, 2.24) is 21.3 Å². The summed E-state index contributed by atoms with van der Waals surface area (Å²) in [6.45, 7) is 6.28. The van der Waals surface area contributed by atoms with Gasteiger partial charge < -0.3 is 27.0 Å². The van der Waals surface area contributed by atoms with Crippen molar-refractivity contribution < 1.29 is 37.2 Å². The summed E-state index contributed by atoms with van der Waals surface area (Å²) in [5.41, 5.74) is 6.09. The van der Waals surface area contributed by atoms with Crippen molar-refractivity contribution in [3.8, 4) is 0 Å². The fourth-order valence-electron chi connectivity index (χ4n) is 3.71. The first-order valence-electron chi connectivity index (χ1n) is 13.3. The number of sulfone groups is 1. The molecule has 0 saturated heterocycles. The van der Waals surface area contributed by atoms with Gasteiger partial charge in [-0.3, -0.25) is 28.8 Å². The number of benzene rings is 1. The molecule has 2 unspecified atom stereocenters. The molecule has 13 nitrogen and oxygen atoms in total. The fourth-order valence-corrected chi connectivity index (χ4v) is 4.99. The lowest BCUT2D eigenvalue weighted by atomic mass is 10.0. The molecule has 228 valence electrons. The highest BCUT2D eigenvalue weighted by Gasteiger charge is 2.27. The molecule has 0 aliphatic carbocycles. The van der Waals surface area contributed by atoms with Crippen LogP contribution in [-0.2, 0) is 38.6 Å². The lowest BCUT2D eigenvalue weighted by molar-refractivity contribution is -0.133. The van der Waals surface area contributed by atoms with Gasteiger partial charge in [-0.25, -0.2) is 8.42 Å². The Hall–Kier alpha value is -3.81. The van der Waals surface area contributed by atoms with Gasteiger partial charge >= 0.3 is 0 Å². The van der Waals surface area contributed by atoms with Crippen molar-refractivity contribution in [3.63, 3.8) is 0 Å². The number of nitrogens with two attached hydrogens (primary N) is 1. The molecule has 0 radical (unpaired) electrons. The van der Waals surface area contributed by atoms with E-state index in [-0.39, 0.29) is 54.6 Å². The second kappa shape index (κ2) is 17.1. The van der Waals surface area contributed by atoms with Gasteiger partial charge in [0.05, 0.1) is 17.2 Å². The van der Waals surface area contributed by atoms with Crippen LogP contribution in [0.4, 0.5) is 0 Å². The minimum atomic E-state index is -3.61. The standard InChI is InChI=1S/C27H41N5O8S/c1-17(2)15-23(31-19(4)33)27(38)32-22(9-10-24(28)35)26(37)30-16-25(36)29-13-11-20(34)12-14-41(39,40)21-7-5-18(3)6-8-21/h5-8,17,22-23H,9-16H2,1-4H3,(H2,28,35)(H,29,36)(H,30,37)(H,31,33)(H,32,38). The fraction of sp³-hybridized carbons (Fsp3) is 0.556. The number of aryl methyl sites for hydroxylation is 1. The van der Waals surface area contributed by atoms with Crippen molar-refractivity contribution in [2.45, 2.75) is 76.8 Å². The van der Waals surface area contributed by atoms with Gasteiger partial charge in [-0.1, -0.05) is 31.5 Å². The molecule has 41 heavy (non-hydrogen) atoms. The molecule has 0 aliphatic heterocycles. The van der Waals surface area contributed by atoms with Gasteiger partial charge in [0, 0.05) is 32.7 Å². The largest absolute Gasteiger partial charge is 0.370 e. The first-order valence-corrected chi connectivity index (χ1v) is 15.0. The molecule has 1 aromatic rings. The predicted molar refractivity (Wildman–Crippen MR) is 151 cm³/mol. The Morgan fingerprint density at radius 3 is 2.05 bits per heavy atom. The van der Waals surface area contributed by atoms with Gasteiger partial charge in [0.25, 0.3) is 0 Å². The maximum absolute atomic E-state index is 12.8. The molecule has 0 aromatic heterocycles. The lowest BCUT2D eigenvalue weighted by Crippen LogP contribution is -2.54. The first kappa shape index (κ1) is 35.2. The van der Waals surface area contributed by atoms with Gasteiger partial charge in [-0.15, -0.1) is 0 Å². The Labute approximate surface area is 240 Å². The number of carbonyl (C=O) groups excluding carboxylic acids is 6. The van der Waals surface area contributed by atoms with E-state index in [9.17, 15) is 37.2 Å². The number of Topliss-reactive ketones (excluding diaryl/α,β-unsaturated/α-hetero) is 1. The van der Waals surface area contributed by atoms with Crippen molar-refractivity contribution in [3.05, 3.63) is 29.8 Å². The van der Waals surface area contributed by atoms with E-state index in [0.717, 1.165) is 5.56 Å². The highest BCUT2D eigenvalue weighted by molar-refractivity contribution is 7.91. The van der Waals surface area contributed by atoms with E-state index in [1.165, 1.54) is 19.1 Å². The smallest absolute Gasteiger partial charge is 0.243 e. The Balaban J connectivity index is 2.57. The summed E-state index contributed by atoms with van der Waals surface area (Å²) in [6, 6.07) is 4.23. The zero-order valence-corrected chi connectivity index (χ0v) is 24.8. The molecule has 1 rings (SSSR count). The molecule has 6 N–H and O–H groups in total. The summed E-state index contributed by atoms with van der Waals surface area (Å²) in [4.78, 5) is 72.7. The topological polar surface area (TPSA) is 211 Å². The Morgan fingerprint density at radius 1 is 0.854 bits per heavy atom. The number of amides is 5. The summed E-state index contributed by atoms with van der Waals surface area (Å²) >= 11 is 0. The minimum Gasteiger partial charge on any atom is -0.370 e. The van der Waals surface area contributed by atoms with Crippen LogP contribution < -0.4 is 27.0 Å². The van der Waals surface area contributed by atoms with E-state index < -0.39 is 58.0 Å². The summed E-state index contributed by atoms with van der Waals surface area (Å²) in [5, 5.41) is 9.87. The molecular formula is C27H41N5O8S. The van der Waals surface area contributed by atoms with E-state index >= 15 is 0 Å². The molecule has 0 bridgehead atoms. The van der Waals surface area contributed by atoms with E-state index in [0.29, 0.717) is 6.42 Å². The van der Waals surface area contributed by atoms with Gasteiger partial charge in [0.15, 0.2) is 9.84 Å². The second-order valence-corrected chi connectivity index (χ2v) is 12.3. The lowest BCUT2D eigenvalue weighted by Gasteiger charge is -2.23. The summed E-state index contributed by atoms with van der Waals surface area (Å²) in [5.74, 6) is -3.73. The minimum absolute atomic E-state index is 0.0590. The number of rotatable bonds is 18. The highest BCUT2D eigenvalue weighted by Crippen LogP contribution is 2.13. The van der Waals surface area contributed by atoms with Crippen LogP contribution in [-0.4, -0.2) is 74.7 Å². The van der Waals surface area contributed by atoms with E-state index in [1.807, 2.05) is 20.8 Å². The summed E-state index contributed by atoms with van der Waals surface area (Å²) in [7, 11) is -3.61. The number of nitrogens with one attached hydrogen (secondary N) is 4. The molecule has 5 amide bonds. The normalized spacial score (nSPS) is 12.6. The number of carbonyl (C=O) groups is 6. The maximum atomic E-state index is 12.8. The molecule has 0 saturated carbocycles. The molecule has 0 spiro atoms. The molecular weight excluding hydrogens is 554 g/mol. The Bertz CT molecular complexity index is 1200. The van der Waals surface area contributed by atoms with E-state index in [2.05, 4.69) is 21.3 Å². The third-order valence-electron chi connectivity index (χ3n) is 5.89. The maximum Gasteiger partial charge on any atom is 0.243 e. The van der Waals surface area contributed by atoms with Crippen molar-refractivity contribution in [2.24, 2.45) is 11.7 Å². The number of hydrogen-bond acceptors (Lipinski definition) is 8. The van der Waals surface area contributed by atoms with Gasteiger partial charge in [-0.05, 0) is 37.8 Å². The van der Waals surface area contributed by atoms with Crippen LogP contribution in [0.2, 0.25) is 0 Å². The van der Waals surface area contributed by atoms with Crippen LogP contribution in [0.3, 0.4) is 0 Å². The SMILES string of the molecule is CC(=O)NC(CC(C)C)C(=O)NC(CCC(N)=O)C(=O)NCC(=O)NCCC(=O)CCS(=O)(=O)c1ccc(C)cc1. The van der Waals surface area contributed by atoms with Crippen LogP contribution in [0.1, 0.15) is 58.4 Å². The van der Waals surface area contributed by atoms with Crippen LogP contribution >= 0.6 is 0 Å². The zero-order valence-electron chi connectivity index (χ0n) is 23.9. The average Bonchev–Trinajstić information content (AvgIpc) is 2.87. The van der Waals surface area contributed by atoms with Gasteiger partial charge in [0.2, 0.25) is 29.5 Å². The summed E-state index contributed by atoms with van der Waals surface area (Å²) in [6.07, 6.45) is -0.319. The molecule has 0 fully saturated rings. The molecule has 1 aromatic carbocycles. The third kappa shape index (κ3) is 14.4. The first-order chi connectivity index (χ1) is 19.1. The van der Waals surface area contributed by atoms with Crippen LogP contribution in [0, 0.1) is 12.8 Å². The Kier molecular flexibility index (Phi) is 14.7. The average molecular weight is 596 g/mol.